The molecule has 0 aliphatic rings. The van der Waals surface area contributed by atoms with E-state index < -0.39 is 11.7 Å². The van der Waals surface area contributed by atoms with E-state index in [2.05, 4.69) is 16.3 Å². The molecule has 2 rings (SSSR count). The highest BCUT2D eigenvalue weighted by Crippen LogP contribution is 2.32. The molecule has 0 fully saturated rings. The molecule has 2 heterocycles. The van der Waals surface area contributed by atoms with Crippen LogP contribution in [0.15, 0.2) is 24.4 Å². The average Bonchev–Trinajstić information content (AvgIpc) is 2.64. The maximum absolute atomic E-state index is 12.6. The van der Waals surface area contributed by atoms with Crippen molar-refractivity contribution in [1.29, 1.82) is 0 Å². The predicted molar refractivity (Wildman–Crippen MR) is 50.2 cm³/mol. The van der Waals surface area contributed by atoms with Gasteiger partial charge in [0.25, 0.3) is 0 Å². The Morgan fingerprint density at radius 1 is 1.38 bits per heavy atom. The molecular formula is C9H4ClF3N3. The zero-order chi connectivity index (χ0) is 11.8. The number of hydrogen-bond donors (Lipinski definition) is 0. The molecule has 0 saturated carbocycles. The van der Waals surface area contributed by atoms with E-state index in [1.165, 1.54) is 18.3 Å². The topological polar surface area (TPSA) is 30.7 Å². The fourth-order valence-corrected chi connectivity index (χ4v) is 1.29. The largest absolute Gasteiger partial charge is 0.420 e. The van der Waals surface area contributed by atoms with E-state index in [-0.39, 0.29) is 11.0 Å². The summed E-state index contributed by atoms with van der Waals surface area (Å²) in [6, 6.07) is 3.39. The van der Waals surface area contributed by atoms with Gasteiger partial charge in [-0.2, -0.15) is 18.3 Å². The summed E-state index contributed by atoms with van der Waals surface area (Å²) in [7, 11) is 0. The van der Waals surface area contributed by atoms with E-state index >= 15 is 0 Å². The zero-order valence-corrected chi connectivity index (χ0v) is 8.42. The third-order valence-corrected chi connectivity index (χ3v) is 1.98. The van der Waals surface area contributed by atoms with Crippen LogP contribution in [0.5, 0.6) is 0 Å². The molecule has 0 N–H and O–H groups in total. The summed E-state index contributed by atoms with van der Waals surface area (Å²) in [4.78, 5) is 3.62. The summed E-state index contributed by atoms with van der Waals surface area (Å²) in [6.45, 7) is 0. The molecule has 0 aliphatic heterocycles. The van der Waals surface area contributed by atoms with Crippen molar-refractivity contribution in [2.75, 3.05) is 0 Å². The van der Waals surface area contributed by atoms with Crippen LogP contribution in [0.25, 0.3) is 5.82 Å². The summed E-state index contributed by atoms with van der Waals surface area (Å²) in [6.07, 6.45) is -0.801. The minimum Gasteiger partial charge on any atom is -0.237 e. The summed E-state index contributed by atoms with van der Waals surface area (Å²) in [5.41, 5.74) is -0.883. The molecule has 0 aliphatic carbocycles. The van der Waals surface area contributed by atoms with Crippen molar-refractivity contribution in [1.82, 2.24) is 14.8 Å². The van der Waals surface area contributed by atoms with Crippen LogP contribution in [0.1, 0.15) is 5.56 Å². The Morgan fingerprint density at radius 2 is 2.12 bits per heavy atom. The fourth-order valence-electron chi connectivity index (χ4n) is 1.16. The lowest BCUT2D eigenvalue weighted by atomic mass is 10.2. The van der Waals surface area contributed by atoms with Gasteiger partial charge in [-0.1, -0.05) is 11.6 Å². The summed E-state index contributed by atoms with van der Waals surface area (Å²) in [5.74, 6) is -0.345. The highest BCUT2D eigenvalue weighted by molar-refractivity contribution is 6.29. The molecule has 83 valence electrons. The smallest absolute Gasteiger partial charge is 0.237 e. The molecule has 3 nitrogen and oxygen atoms in total. The number of pyridine rings is 1. The van der Waals surface area contributed by atoms with Crippen molar-refractivity contribution in [3.63, 3.8) is 0 Å². The second kappa shape index (κ2) is 3.79. The van der Waals surface area contributed by atoms with Gasteiger partial charge in [-0.15, -0.1) is 0 Å². The monoisotopic (exact) mass is 246 g/mol. The van der Waals surface area contributed by atoms with Crippen LogP contribution >= 0.6 is 11.6 Å². The first-order valence-electron chi connectivity index (χ1n) is 4.14. The number of hydrogen-bond acceptors (Lipinski definition) is 2. The Bertz CT molecular complexity index is 507. The SMILES string of the molecule is FC(F)(F)c1cccnc1-n1[c]cc(Cl)n1. The van der Waals surface area contributed by atoms with Crippen LogP contribution in [0.3, 0.4) is 0 Å². The van der Waals surface area contributed by atoms with E-state index in [1.807, 2.05) is 0 Å². The highest BCUT2D eigenvalue weighted by atomic mass is 35.5. The van der Waals surface area contributed by atoms with E-state index in [1.54, 1.807) is 0 Å². The van der Waals surface area contributed by atoms with E-state index in [4.69, 9.17) is 11.6 Å². The third-order valence-electron chi connectivity index (χ3n) is 1.79. The molecule has 1 radical (unpaired) electrons. The molecule has 0 atom stereocenters. The minimum absolute atomic E-state index is 0.0544. The van der Waals surface area contributed by atoms with Gasteiger partial charge >= 0.3 is 6.18 Å². The quantitative estimate of drug-likeness (QED) is 0.775. The van der Waals surface area contributed by atoms with Crippen LogP contribution < -0.4 is 0 Å². The first kappa shape index (κ1) is 10.9. The molecular weight excluding hydrogens is 243 g/mol. The lowest BCUT2D eigenvalue weighted by Crippen LogP contribution is -2.12. The van der Waals surface area contributed by atoms with Gasteiger partial charge in [0.2, 0.25) is 0 Å². The summed E-state index contributed by atoms with van der Waals surface area (Å²) >= 11 is 5.50. The standard InChI is InChI=1S/C9H4ClF3N3/c10-7-3-5-16(15-7)8-6(9(11,12)13)2-1-4-14-8/h1-4H. The van der Waals surface area contributed by atoms with Crippen LogP contribution in [-0.4, -0.2) is 14.8 Å². The summed E-state index contributed by atoms with van der Waals surface area (Å²) in [5, 5.41) is 3.67. The number of alkyl halides is 3. The lowest BCUT2D eigenvalue weighted by Gasteiger charge is -2.10. The normalized spacial score (nSPS) is 11.8. The van der Waals surface area contributed by atoms with Gasteiger partial charge in [0, 0.05) is 12.3 Å². The van der Waals surface area contributed by atoms with E-state index in [0.717, 1.165) is 10.7 Å². The molecule has 0 bridgehead atoms. The first-order valence-corrected chi connectivity index (χ1v) is 4.52. The lowest BCUT2D eigenvalue weighted by molar-refractivity contribution is -0.137. The van der Waals surface area contributed by atoms with Crippen molar-refractivity contribution in [3.05, 3.63) is 41.3 Å². The molecule has 7 heteroatoms. The zero-order valence-electron chi connectivity index (χ0n) is 7.66. The maximum atomic E-state index is 12.6. The highest BCUT2D eigenvalue weighted by Gasteiger charge is 2.34. The van der Waals surface area contributed by atoms with Crippen LogP contribution in [-0.2, 0) is 6.18 Å². The van der Waals surface area contributed by atoms with Gasteiger partial charge < -0.3 is 0 Å². The number of nitrogens with zero attached hydrogens (tertiary/aromatic N) is 3. The van der Waals surface area contributed by atoms with Crippen molar-refractivity contribution in [2.24, 2.45) is 0 Å². The van der Waals surface area contributed by atoms with Crippen molar-refractivity contribution < 1.29 is 13.2 Å². The summed E-state index contributed by atoms with van der Waals surface area (Å²) < 4.78 is 38.7. The minimum atomic E-state index is -4.49. The molecule has 0 aromatic carbocycles. The van der Waals surface area contributed by atoms with Crippen molar-refractivity contribution >= 4 is 11.6 Å². The fraction of sp³-hybridized carbons (Fsp3) is 0.111. The molecule has 0 unspecified atom stereocenters. The Morgan fingerprint density at radius 3 is 2.69 bits per heavy atom. The van der Waals surface area contributed by atoms with Gasteiger partial charge in [-0.25, -0.2) is 9.67 Å². The predicted octanol–water partition coefficient (Wildman–Crippen LogP) is 2.74. The van der Waals surface area contributed by atoms with E-state index in [0.29, 0.717) is 0 Å². The maximum Gasteiger partial charge on any atom is 0.420 e. The van der Waals surface area contributed by atoms with E-state index in [9.17, 15) is 13.2 Å². The van der Waals surface area contributed by atoms with Crippen molar-refractivity contribution in [2.45, 2.75) is 6.18 Å². The number of halogens is 4. The second-order valence-electron chi connectivity index (χ2n) is 2.88. The average molecular weight is 247 g/mol. The molecule has 0 saturated heterocycles. The Labute approximate surface area is 93.5 Å². The first-order chi connectivity index (χ1) is 7.48. The molecule has 0 amide bonds. The van der Waals surface area contributed by atoms with Crippen molar-refractivity contribution in [3.8, 4) is 5.82 Å². The van der Waals surface area contributed by atoms with Gasteiger partial charge in [-0.05, 0) is 12.1 Å². The number of aromatic nitrogens is 3. The van der Waals surface area contributed by atoms with Crippen LogP contribution in [0.4, 0.5) is 13.2 Å². The van der Waals surface area contributed by atoms with Gasteiger partial charge in [0.1, 0.15) is 5.56 Å². The molecule has 16 heavy (non-hydrogen) atoms. The van der Waals surface area contributed by atoms with Gasteiger partial charge in [0.05, 0.1) is 6.20 Å². The van der Waals surface area contributed by atoms with Gasteiger partial charge in [-0.3, -0.25) is 0 Å². The Balaban J connectivity index is 2.57. The Hall–Kier alpha value is -1.56. The molecule has 2 aromatic rings. The number of rotatable bonds is 1. The second-order valence-corrected chi connectivity index (χ2v) is 3.27. The van der Waals surface area contributed by atoms with Gasteiger partial charge in [0.15, 0.2) is 11.0 Å². The Kier molecular flexibility index (Phi) is 2.59. The van der Waals surface area contributed by atoms with Crippen LogP contribution in [0.2, 0.25) is 5.15 Å². The van der Waals surface area contributed by atoms with Crippen LogP contribution in [0, 0.1) is 6.20 Å². The molecule has 2 aromatic heterocycles. The molecule has 0 spiro atoms. The third kappa shape index (κ3) is 2.01.